The topological polar surface area (TPSA) is 0 Å². The molecule has 0 bridgehead atoms. The largest absolute Gasteiger partial charge is 0.239 e. The van der Waals surface area contributed by atoms with Crippen molar-refractivity contribution in [1.29, 1.82) is 0 Å². The van der Waals surface area contributed by atoms with Gasteiger partial charge in [-0.15, -0.1) is 0 Å². The zero-order valence-electron chi connectivity index (χ0n) is 8.84. The van der Waals surface area contributed by atoms with Crippen molar-refractivity contribution >= 4 is 58.6 Å². The fraction of sp³-hybridized carbons (Fsp3) is 0.333. The maximum Gasteiger partial charge on any atom is 0.239 e. The van der Waals surface area contributed by atoms with Crippen LogP contribution in [0, 0.1) is 0 Å². The number of hydrogen-bond donors (Lipinski definition) is 0. The molecule has 0 aliphatic rings. The average Bonchev–Trinajstić information content (AvgIpc) is 2.25. The molecule has 0 saturated heterocycles. The van der Waals surface area contributed by atoms with Gasteiger partial charge in [-0.1, -0.05) is 99.8 Å². The van der Waals surface area contributed by atoms with Gasteiger partial charge < -0.3 is 0 Å². The molecule has 15 heavy (non-hydrogen) atoms. The van der Waals surface area contributed by atoms with Crippen LogP contribution in [0.15, 0.2) is 30.3 Å². The van der Waals surface area contributed by atoms with E-state index in [0.717, 1.165) is 0 Å². The van der Waals surface area contributed by atoms with Crippen molar-refractivity contribution in [3.8, 4) is 0 Å². The number of benzene rings is 1. The molecule has 0 aromatic heterocycles. The maximum atomic E-state index is 2.56. The minimum atomic E-state index is -0.395. The summed E-state index contributed by atoms with van der Waals surface area (Å²) in [4.78, 5) is 0. The van der Waals surface area contributed by atoms with Gasteiger partial charge in [0.1, 0.15) is 0 Å². The first-order valence-corrected chi connectivity index (χ1v) is 12.9. The molecule has 3 heteroatoms. The molecule has 1 aromatic carbocycles. The Morgan fingerprint density at radius 1 is 1.27 bits per heavy atom. The van der Waals surface area contributed by atoms with Crippen molar-refractivity contribution < 1.29 is 0 Å². The Labute approximate surface area is 120 Å². The lowest BCUT2D eigenvalue weighted by Gasteiger charge is -2.04. The molecule has 0 atom stereocenters. The van der Waals surface area contributed by atoms with Crippen molar-refractivity contribution in [3.63, 3.8) is 0 Å². The van der Waals surface area contributed by atoms with Gasteiger partial charge in [-0.3, -0.25) is 0 Å². The van der Waals surface area contributed by atoms with Gasteiger partial charge in [-0.25, -0.2) is 0 Å². The summed E-state index contributed by atoms with van der Waals surface area (Å²) in [5.74, 6) is 0. The van der Waals surface area contributed by atoms with E-state index in [0.29, 0.717) is 0 Å². The van der Waals surface area contributed by atoms with Gasteiger partial charge in [0.05, 0.1) is 0 Å². The molecule has 0 amide bonds. The molecule has 1 radical (unpaired) electrons. The van der Waals surface area contributed by atoms with Crippen LogP contribution in [0.3, 0.4) is 0 Å². The number of hydrogen-bond acceptors (Lipinski definition) is 0. The Hall–Kier alpha value is 0.637. The highest BCUT2D eigenvalue weighted by molar-refractivity contribution is 14.3. The second-order valence-electron chi connectivity index (χ2n) is 3.39. The van der Waals surface area contributed by atoms with Gasteiger partial charge in [-0.2, -0.15) is 0 Å². The Balaban J connectivity index is 2.71. The summed E-state index contributed by atoms with van der Waals surface area (Å²) in [6, 6.07) is 8.74. The molecule has 0 spiro atoms. The lowest BCUT2D eigenvalue weighted by molar-refractivity contribution is 0.816. The molecule has 0 nitrogen and oxygen atoms in total. The predicted octanol–water partition coefficient (Wildman–Crippen LogP) is 4.46. The minimum absolute atomic E-state index is 0.395. The van der Waals surface area contributed by atoms with E-state index in [1.807, 2.05) is 0 Å². The Morgan fingerprint density at radius 3 is 2.67 bits per heavy atom. The van der Waals surface area contributed by atoms with Crippen molar-refractivity contribution in [2.24, 2.45) is 0 Å². The molecule has 0 aliphatic carbocycles. The number of halogens is 2. The smallest absolute Gasteiger partial charge is 0.0997 e. The molecule has 0 N–H and O–H groups in total. The average molecular weight is 441 g/mol. The van der Waals surface area contributed by atoms with Gasteiger partial charge in [0.2, 0.25) is 3.79 Å². The van der Waals surface area contributed by atoms with Gasteiger partial charge in [-0.05, 0) is 17.2 Å². The molecule has 1 rings (SSSR count). The summed E-state index contributed by atoms with van der Waals surface area (Å²) < 4.78 is -0.395. The summed E-state index contributed by atoms with van der Waals surface area (Å²) in [7, 11) is 0. The Morgan fingerprint density at radius 2 is 2.00 bits per heavy atom. The summed E-state index contributed by atoms with van der Waals surface area (Å²) in [5.41, 5.74) is 1.41. The third-order valence-electron chi connectivity index (χ3n) is 2.19. The van der Waals surface area contributed by atoms with Crippen LogP contribution >= 0.6 is 43.6 Å². The van der Waals surface area contributed by atoms with E-state index in [1.165, 1.54) is 30.0 Å². The van der Waals surface area contributed by atoms with Gasteiger partial charge in [0.15, 0.2) is 0 Å². The van der Waals surface area contributed by atoms with Crippen LogP contribution in [0.5, 0.6) is 0 Å². The van der Waals surface area contributed by atoms with E-state index >= 15 is 0 Å². The molecule has 0 fully saturated rings. The first-order chi connectivity index (χ1) is 7.25. The lowest BCUT2D eigenvalue weighted by Crippen LogP contribution is -2.19. The van der Waals surface area contributed by atoms with Crippen LogP contribution in [0.1, 0.15) is 31.7 Å². The van der Waals surface area contributed by atoms with Crippen LogP contribution in [-0.4, -0.2) is 3.79 Å². The molecule has 0 saturated carbocycles. The number of unbranched alkanes of at least 4 members (excludes halogenated alkanes) is 2. The molecule has 1 aromatic rings. The maximum absolute atomic E-state index is 2.56. The second kappa shape index (κ2) is 7.84. The Kier molecular flexibility index (Phi) is 7.16. The van der Waals surface area contributed by atoms with Crippen molar-refractivity contribution in [2.75, 3.05) is 0 Å². The summed E-state index contributed by atoms with van der Waals surface area (Å²) in [6.45, 7) is 2.23. The molecular weight excluding hydrogens is 426 g/mol. The van der Waals surface area contributed by atoms with Crippen LogP contribution in [0.2, 0.25) is 0 Å². The van der Waals surface area contributed by atoms with E-state index < -0.39 is 3.79 Å². The van der Waals surface area contributed by atoms with Crippen LogP contribution < -0.4 is 5.19 Å². The molecule has 81 valence electrons. The first-order valence-electron chi connectivity index (χ1n) is 5.19. The molecule has 0 unspecified atom stereocenters. The third kappa shape index (κ3) is 4.99. The van der Waals surface area contributed by atoms with E-state index in [4.69, 9.17) is 0 Å². The van der Waals surface area contributed by atoms with E-state index in [9.17, 15) is 0 Å². The highest BCUT2D eigenvalue weighted by atomic mass is 127. The van der Waals surface area contributed by atoms with E-state index in [2.05, 4.69) is 86.9 Å². The first kappa shape index (κ1) is 13.7. The van der Waals surface area contributed by atoms with Gasteiger partial charge >= 0.3 is 0 Å². The van der Waals surface area contributed by atoms with Crippen LogP contribution in [0.4, 0.5) is 0 Å². The zero-order valence-corrected chi connectivity index (χ0v) is 14.2. The molecule has 0 heterocycles. The van der Waals surface area contributed by atoms with Crippen LogP contribution in [-0.2, 0) is 0 Å². The van der Waals surface area contributed by atoms with E-state index in [1.54, 1.807) is 0 Å². The fourth-order valence-electron chi connectivity index (χ4n) is 1.35. The quantitative estimate of drug-likeness (QED) is 0.274. The molecule has 0 aliphatic heterocycles. The number of allylic oxidation sites excluding steroid dienone is 1. The summed E-state index contributed by atoms with van der Waals surface area (Å²) in [5, 5.41) is 1.52. The van der Waals surface area contributed by atoms with Crippen molar-refractivity contribution in [1.82, 2.24) is 0 Å². The summed E-state index contributed by atoms with van der Waals surface area (Å²) in [6.07, 6.45) is 8.37. The molecular formula is C12H15I2Si. The monoisotopic (exact) mass is 441 g/mol. The number of rotatable bonds is 5. The fourth-order valence-corrected chi connectivity index (χ4v) is 4.90. The predicted molar refractivity (Wildman–Crippen MR) is 88.4 cm³/mol. The minimum Gasteiger partial charge on any atom is -0.0997 e. The van der Waals surface area contributed by atoms with Gasteiger partial charge in [0.25, 0.3) is 0 Å². The SMILES string of the molecule is CCCCC=Cc1ccccc1[Si](I)I. The lowest BCUT2D eigenvalue weighted by atomic mass is 10.1. The van der Waals surface area contributed by atoms with Crippen molar-refractivity contribution in [2.45, 2.75) is 26.2 Å². The van der Waals surface area contributed by atoms with E-state index in [-0.39, 0.29) is 0 Å². The standard InChI is InChI=1S/C12H15I2Si/c1-2-3-4-5-8-11-9-6-7-10-12(11)15(13)14/h5-10H,2-4H2,1H3. The normalized spacial score (nSPS) is 11.5. The van der Waals surface area contributed by atoms with Crippen molar-refractivity contribution in [3.05, 3.63) is 35.9 Å². The third-order valence-corrected chi connectivity index (χ3v) is 6.54. The van der Waals surface area contributed by atoms with Gasteiger partial charge in [0, 0.05) is 0 Å². The highest BCUT2D eigenvalue weighted by Crippen LogP contribution is 2.10. The Bertz CT molecular complexity index is 321. The van der Waals surface area contributed by atoms with Crippen LogP contribution in [0.25, 0.3) is 6.08 Å². The summed E-state index contributed by atoms with van der Waals surface area (Å²) >= 11 is 5.11. The second-order valence-corrected chi connectivity index (χ2v) is 17.1. The highest BCUT2D eigenvalue weighted by Gasteiger charge is 2.08. The zero-order chi connectivity index (χ0) is 11.1.